The van der Waals surface area contributed by atoms with E-state index in [1.807, 2.05) is 19.1 Å². The van der Waals surface area contributed by atoms with E-state index >= 15 is 0 Å². The molecule has 0 radical (unpaired) electrons. The summed E-state index contributed by atoms with van der Waals surface area (Å²) in [7, 11) is 0. The highest BCUT2D eigenvalue weighted by molar-refractivity contribution is 5.95. The van der Waals surface area contributed by atoms with Crippen molar-refractivity contribution in [3.63, 3.8) is 0 Å². The number of nitrogens with two attached hydrogens (primary N) is 1. The monoisotopic (exact) mass is 202 g/mol. The second-order valence-electron chi connectivity index (χ2n) is 3.26. The van der Waals surface area contributed by atoms with Crippen molar-refractivity contribution in [2.24, 2.45) is 5.73 Å². The smallest absolute Gasteiger partial charge is 0.248 e. The Morgan fingerprint density at radius 2 is 2.27 bits per heavy atom. The number of benzene rings is 1. The van der Waals surface area contributed by atoms with E-state index in [2.05, 4.69) is 4.98 Å². The second-order valence-corrected chi connectivity index (χ2v) is 3.26. The van der Waals surface area contributed by atoms with Crippen molar-refractivity contribution in [2.45, 2.75) is 6.92 Å². The van der Waals surface area contributed by atoms with Gasteiger partial charge in [-0.1, -0.05) is 12.1 Å². The van der Waals surface area contributed by atoms with Crippen molar-refractivity contribution in [2.75, 3.05) is 0 Å². The Kier molecular flexibility index (Phi) is 2.25. The SMILES string of the molecule is Cc1ccc(-c2cnco2)cc1C(N)=O. The number of oxazole rings is 1. The third kappa shape index (κ3) is 1.74. The van der Waals surface area contributed by atoms with Crippen LogP contribution in [-0.2, 0) is 0 Å². The van der Waals surface area contributed by atoms with Gasteiger partial charge in [0.1, 0.15) is 0 Å². The first kappa shape index (κ1) is 9.45. The molecule has 0 bridgehead atoms. The lowest BCUT2D eigenvalue weighted by Crippen LogP contribution is -2.12. The Morgan fingerprint density at radius 3 is 2.87 bits per heavy atom. The fraction of sp³-hybridized carbons (Fsp3) is 0.0909. The predicted molar refractivity (Wildman–Crippen MR) is 55.2 cm³/mol. The minimum atomic E-state index is -0.436. The maximum Gasteiger partial charge on any atom is 0.248 e. The van der Waals surface area contributed by atoms with Crippen LogP contribution in [0.1, 0.15) is 15.9 Å². The number of hydrogen-bond acceptors (Lipinski definition) is 3. The van der Waals surface area contributed by atoms with Crippen LogP contribution >= 0.6 is 0 Å². The van der Waals surface area contributed by atoms with Crippen LogP contribution in [0.5, 0.6) is 0 Å². The van der Waals surface area contributed by atoms with Crippen LogP contribution in [0.15, 0.2) is 35.2 Å². The number of amides is 1. The van der Waals surface area contributed by atoms with E-state index in [-0.39, 0.29) is 0 Å². The van der Waals surface area contributed by atoms with Gasteiger partial charge in [-0.3, -0.25) is 4.79 Å². The van der Waals surface area contributed by atoms with Crippen molar-refractivity contribution in [1.82, 2.24) is 4.98 Å². The standard InChI is InChI=1S/C11H10N2O2/c1-7-2-3-8(4-9(7)11(12)14)10-5-13-6-15-10/h2-6H,1H3,(H2,12,14). The molecule has 0 saturated heterocycles. The second kappa shape index (κ2) is 3.57. The van der Waals surface area contributed by atoms with Gasteiger partial charge in [0.2, 0.25) is 5.91 Å². The zero-order valence-electron chi connectivity index (χ0n) is 8.23. The molecule has 0 fully saturated rings. The summed E-state index contributed by atoms with van der Waals surface area (Å²) in [6, 6.07) is 5.40. The molecule has 2 aromatic rings. The van der Waals surface area contributed by atoms with Crippen LogP contribution in [0.4, 0.5) is 0 Å². The predicted octanol–water partition coefficient (Wildman–Crippen LogP) is 1.75. The summed E-state index contributed by atoms with van der Waals surface area (Å²) < 4.78 is 5.13. The maximum absolute atomic E-state index is 11.1. The zero-order chi connectivity index (χ0) is 10.8. The molecule has 15 heavy (non-hydrogen) atoms. The van der Waals surface area contributed by atoms with Crippen molar-refractivity contribution in [3.8, 4) is 11.3 Å². The summed E-state index contributed by atoms with van der Waals surface area (Å²) in [6.07, 6.45) is 2.94. The highest BCUT2D eigenvalue weighted by Crippen LogP contribution is 2.21. The number of aryl methyl sites for hydroxylation is 1. The quantitative estimate of drug-likeness (QED) is 0.806. The molecular weight excluding hydrogens is 192 g/mol. The Morgan fingerprint density at radius 1 is 1.47 bits per heavy atom. The van der Waals surface area contributed by atoms with Gasteiger partial charge in [0.05, 0.1) is 6.20 Å². The number of carbonyl (C=O) groups is 1. The van der Waals surface area contributed by atoms with Gasteiger partial charge in [0, 0.05) is 11.1 Å². The third-order valence-corrected chi connectivity index (χ3v) is 2.22. The normalized spacial score (nSPS) is 10.2. The molecule has 0 aliphatic carbocycles. The van der Waals surface area contributed by atoms with Crippen LogP contribution in [0.3, 0.4) is 0 Å². The number of hydrogen-bond donors (Lipinski definition) is 1. The van der Waals surface area contributed by atoms with E-state index in [0.29, 0.717) is 11.3 Å². The first-order chi connectivity index (χ1) is 7.18. The van der Waals surface area contributed by atoms with E-state index < -0.39 is 5.91 Å². The summed E-state index contributed by atoms with van der Waals surface area (Å²) >= 11 is 0. The van der Waals surface area contributed by atoms with E-state index in [0.717, 1.165) is 11.1 Å². The molecule has 1 aromatic heterocycles. The number of nitrogens with zero attached hydrogens (tertiary/aromatic N) is 1. The molecule has 2 N–H and O–H groups in total. The summed E-state index contributed by atoms with van der Waals surface area (Å²) in [5.74, 6) is 0.186. The van der Waals surface area contributed by atoms with Crippen molar-refractivity contribution in [3.05, 3.63) is 41.9 Å². The van der Waals surface area contributed by atoms with E-state index in [1.54, 1.807) is 12.3 Å². The molecular formula is C11H10N2O2. The van der Waals surface area contributed by atoms with E-state index in [9.17, 15) is 4.79 Å². The fourth-order valence-corrected chi connectivity index (χ4v) is 1.40. The average Bonchev–Trinajstić information content (AvgIpc) is 2.71. The van der Waals surface area contributed by atoms with Crippen molar-refractivity contribution >= 4 is 5.91 Å². The molecule has 1 amide bonds. The molecule has 1 aromatic carbocycles. The first-order valence-corrected chi connectivity index (χ1v) is 4.48. The maximum atomic E-state index is 11.1. The van der Waals surface area contributed by atoms with Crippen LogP contribution < -0.4 is 5.73 Å². The molecule has 0 spiro atoms. The molecule has 0 atom stereocenters. The minimum absolute atomic E-state index is 0.436. The molecule has 4 heteroatoms. The summed E-state index contributed by atoms with van der Waals surface area (Å²) in [5, 5.41) is 0. The van der Waals surface area contributed by atoms with Gasteiger partial charge in [0.25, 0.3) is 0 Å². The molecule has 4 nitrogen and oxygen atoms in total. The number of carbonyl (C=O) groups excluding carboxylic acids is 1. The average molecular weight is 202 g/mol. The molecule has 0 saturated carbocycles. The van der Waals surface area contributed by atoms with Gasteiger partial charge in [-0.25, -0.2) is 4.98 Å². The lowest BCUT2D eigenvalue weighted by Gasteiger charge is -2.03. The largest absolute Gasteiger partial charge is 0.444 e. The first-order valence-electron chi connectivity index (χ1n) is 4.48. The highest BCUT2D eigenvalue weighted by atomic mass is 16.3. The fourth-order valence-electron chi connectivity index (χ4n) is 1.40. The van der Waals surface area contributed by atoms with Gasteiger partial charge in [-0.15, -0.1) is 0 Å². The van der Waals surface area contributed by atoms with Crippen LogP contribution in [0, 0.1) is 6.92 Å². The van der Waals surface area contributed by atoms with Crippen molar-refractivity contribution < 1.29 is 9.21 Å². The number of primary amides is 1. The minimum Gasteiger partial charge on any atom is -0.444 e. The van der Waals surface area contributed by atoms with Gasteiger partial charge in [-0.05, 0) is 18.6 Å². The third-order valence-electron chi connectivity index (χ3n) is 2.22. The van der Waals surface area contributed by atoms with Gasteiger partial charge in [-0.2, -0.15) is 0 Å². The topological polar surface area (TPSA) is 69.1 Å². The Hall–Kier alpha value is -2.10. The summed E-state index contributed by atoms with van der Waals surface area (Å²) in [5.41, 5.74) is 7.41. The lowest BCUT2D eigenvalue weighted by molar-refractivity contribution is 0.1000. The Labute approximate surface area is 86.7 Å². The summed E-state index contributed by atoms with van der Waals surface area (Å²) in [6.45, 7) is 1.84. The lowest BCUT2D eigenvalue weighted by atomic mass is 10.0. The molecule has 76 valence electrons. The zero-order valence-corrected chi connectivity index (χ0v) is 8.23. The van der Waals surface area contributed by atoms with Crippen LogP contribution in [0.2, 0.25) is 0 Å². The van der Waals surface area contributed by atoms with E-state index in [4.69, 9.17) is 10.2 Å². The van der Waals surface area contributed by atoms with E-state index in [1.165, 1.54) is 6.39 Å². The highest BCUT2D eigenvalue weighted by Gasteiger charge is 2.08. The molecule has 1 heterocycles. The molecule has 0 aliphatic rings. The molecule has 0 unspecified atom stereocenters. The van der Waals surface area contributed by atoms with Crippen LogP contribution in [-0.4, -0.2) is 10.9 Å². The molecule has 0 aliphatic heterocycles. The number of rotatable bonds is 2. The van der Waals surface area contributed by atoms with Gasteiger partial charge < -0.3 is 10.2 Å². The Balaban J connectivity index is 2.52. The van der Waals surface area contributed by atoms with Crippen molar-refractivity contribution in [1.29, 1.82) is 0 Å². The van der Waals surface area contributed by atoms with Crippen LogP contribution in [0.25, 0.3) is 11.3 Å². The molecule has 2 rings (SSSR count). The number of aromatic nitrogens is 1. The van der Waals surface area contributed by atoms with Gasteiger partial charge >= 0.3 is 0 Å². The van der Waals surface area contributed by atoms with Gasteiger partial charge in [0.15, 0.2) is 12.2 Å². The summed E-state index contributed by atoms with van der Waals surface area (Å²) in [4.78, 5) is 14.9. The Bertz CT molecular complexity index is 489.